The standard InChI is InChI=1S/C16H17NO3/c1-3-5-11-13-14(16(18)19-4-2)17-15(20-13)12-9-7-6-8-10-12/h5-11H,3-4H2,1-2H3/b11-5+. The van der Waals surface area contributed by atoms with E-state index in [1.807, 2.05) is 43.3 Å². The maximum atomic E-state index is 11.9. The maximum absolute atomic E-state index is 11.9. The molecule has 0 aliphatic rings. The number of allylic oxidation sites excluding steroid dienone is 1. The molecule has 104 valence electrons. The Morgan fingerprint density at radius 2 is 2.05 bits per heavy atom. The first-order valence-corrected chi connectivity index (χ1v) is 6.66. The lowest BCUT2D eigenvalue weighted by Crippen LogP contribution is -2.06. The van der Waals surface area contributed by atoms with E-state index in [4.69, 9.17) is 9.15 Å². The van der Waals surface area contributed by atoms with Gasteiger partial charge < -0.3 is 9.15 Å². The van der Waals surface area contributed by atoms with Crippen molar-refractivity contribution in [1.82, 2.24) is 4.98 Å². The third-order valence-electron chi connectivity index (χ3n) is 2.65. The fourth-order valence-corrected chi connectivity index (χ4v) is 1.72. The van der Waals surface area contributed by atoms with Crippen LogP contribution in [-0.2, 0) is 4.74 Å². The normalized spacial score (nSPS) is 10.9. The molecule has 0 bridgehead atoms. The van der Waals surface area contributed by atoms with Crippen molar-refractivity contribution < 1.29 is 13.9 Å². The highest BCUT2D eigenvalue weighted by atomic mass is 16.5. The number of rotatable bonds is 5. The Balaban J connectivity index is 2.41. The van der Waals surface area contributed by atoms with Crippen LogP contribution in [0.1, 0.15) is 36.5 Å². The van der Waals surface area contributed by atoms with Crippen LogP contribution in [0.25, 0.3) is 17.5 Å². The third kappa shape index (κ3) is 3.15. The van der Waals surface area contributed by atoms with Crippen molar-refractivity contribution in [3.63, 3.8) is 0 Å². The van der Waals surface area contributed by atoms with E-state index in [0.717, 1.165) is 12.0 Å². The summed E-state index contributed by atoms with van der Waals surface area (Å²) in [4.78, 5) is 16.2. The van der Waals surface area contributed by atoms with Gasteiger partial charge in [0.25, 0.3) is 0 Å². The molecule has 0 aliphatic carbocycles. The smallest absolute Gasteiger partial charge is 0.360 e. The molecule has 0 spiro atoms. The van der Waals surface area contributed by atoms with Crippen LogP contribution in [0.3, 0.4) is 0 Å². The average Bonchev–Trinajstić information content (AvgIpc) is 2.90. The predicted molar refractivity (Wildman–Crippen MR) is 77.2 cm³/mol. The van der Waals surface area contributed by atoms with E-state index in [0.29, 0.717) is 18.3 Å². The van der Waals surface area contributed by atoms with Crippen LogP contribution in [0.4, 0.5) is 0 Å². The van der Waals surface area contributed by atoms with Gasteiger partial charge in [0.15, 0.2) is 11.5 Å². The number of esters is 1. The number of benzene rings is 1. The van der Waals surface area contributed by atoms with Gasteiger partial charge in [-0.05, 0) is 31.6 Å². The highest BCUT2D eigenvalue weighted by Gasteiger charge is 2.20. The number of nitrogens with zero attached hydrogens (tertiary/aromatic N) is 1. The van der Waals surface area contributed by atoms with Crippen molar-refractivity contribution in [3.05, 3.63) is 47.9 Å². The molecule has 0 aliphatic heterocycles. The van der Waals surface area contributed by atoms with Crippen molar-refractivity contribution in [2.24, 2.45) is 0 Å². The van der Waals surface area contributed by atoms with Gasteiger partial charge in [-0.3, -0.25) is 0 Å². The molecular weight excluding hydrogens is 254 g/mol. The molecule has 4 nitrogen and oxygen atoms in total. The molecule has 2 rings (SSSR count). The van der Waals surface area contributed by atoms with Gasteiger partial charge in [-0.1, -0.05) is 31.2 Å². The molecule has 0 saturated carbocycles. The summed E-state index contributed by atoms with van der Waals surface area (Å²) in [5, 5.41) is 0. The third-order valence-corrected chi connectivity index (χ3v) is 2.65. The first kappa shape index (κ1) is 14.1. The molecule has 1 heterocycles. The summed E-state index contributed by atoms with van der Waals surface area (Å²) < 4.78 is 10.7. The molecule has 0 N–H and O–H groups in total. The van der Waals surface area contributed by atoms with Crippen LogP contribution in [0.5, 0.6) is 0 Å². The minimum atomic E-state index is -0.464. The van der Waals surface area contributed by atoms with Gasteiger partial charge >= 0.3 is 5.97 Å². The van der Waals surface area contributed by atoms with E-state index in [1.165, 1.54) is 0 Å². The average molecular weight is 271 g/mol. The Morgan fingerprint density at radius 3 is 2.70 bits per heavy atom. The first-order chi connectivity index (χ1) is 9.76. The summed E-state index contributed by atoms with van der Waals surface area (Å²) in [6, 6.07) is 9.47. The Labute approximate surface area is 118 Å². The Kier molecular flexibility index (Phi) is 4.71. The summed E-state index contributed by atoms with van der Waals surface area (Å²) in [6.07, 6.45) is 4.52. The van der Waals surface area contributed by atoms with Crippen LogP contribution >= 0.6 is 0 Å². The van der Waals surface area contributed by atoms with Gasteiger partial charge in [-0.25, -0.2) is 9.78 Å². The van der Waals surface area contributed by atoms with Gasteiger partial charge in [0, 0.05) is 5.56 Å². The van der Waals surface area contributed by atoms with Crippen LogP contribution in [-0.4, -0.2) is 17.6 Å². The van der Waals surface area contributed by atoms with E-state index in [9.17, 15) is 4.79 Å². The number of hydrogen-bond donors (Lipinski definition) is 0. The number of hydrogen-bond acceptors (Lipinski definition) is 4. The molecule has 2 aromatic rings. The van der Waals surface area contributed by atoms with Gasteiger partial charge in [-0.15, -0.1) is 0 Å². The largest absolute Gasteiger partial charge is 0.461 e. The fourth-order valence-electron chi connectivity index (χ4n) is 1.72. The monoisotopic (exact) mass is 271 g/mol. The highest BCUT2D eigenvalue weighted by molar-refractivity contribution is 5.91. The zero-order valence-electron chi connectivity index (χ0n) is 11.6. The number of aromatic nitrogens is 1. The number of oxazole rings is 1. The van der Waals surface area contributed by atoms with Crippen molar-refractivity contribution in [2.45, 2.75) is 20.3 Å². The van der Waals surface area contributed by atoms with Gasteiger partial charge in [0.05, 0.1) is 6.61 Å². The van der Waals surface area contributed by atoms with E-state index < -0.39 is 5.97 Å². The number of carbonyl (C=O) groups is 1. The van der Waals surface area contributed by atoms with E-state index in [-0.39, 0.29) is 5.69 Å². The maximum Gasteiger partial charge on any atom is 0.360 e. The summed E-state index contributed by atoms with van der Waals surface area (Å²) in [6.45, 7) is 4.08. The molecule has 0 unspecified atom stereocenters. The second kappa shape index (κ2) is 6.70. The van der Waals surface area contributed by atoms with Crippen LogP contribution in [0, 0.1) is 0 Å². The Hall–Kier alpha value is -2.36. The molecule has 0 amide bonds. The topological polar surface area (TPSA) is 52.3 Å². The van der Waals surface area contributed by atoms with Crippen molar-refractivity contribution in [2.75, 3.05) is 6.61 Å². The Morgan fingerprint density at radius 1 is 1.30 bits per heavy atom. The quantitative estimate of drug-likeness (QED) is 0.773. The molecule has 0 saturated heterocycles. The van der Waals surface area contributed by atoms with Crippen LogP contribution in [0.15, 0.2) is 40.8 Å². The lowest BCUT2D eigenvalue weighted by molar-refractivity contribution is 0.0519. The van der Waals surface area contributed by atoms with Crippen LogP contribution in [0.2, 0.25) is 0 Å². The van der Waals surface area contributed by atoms with Crippen molar-refractivity contribution in [3.8, 4) is 11.5 Å². The molecular formula is C16H17NO3. The zero-order valence-corrected chi connectivity index (χ0v) is 11.6. The first-order valence-electron chi connectivity index (χ1n) is 6.66. The minimum absolute atomic E-state index is 0.218. The lowest BCUT2D eigenvalue weighted by atomic mass is 10.2. The minimum Gasteiger partial charge on any atom is -0.461 e. The molecule has 0 fully saturated rings. The molecule has 20 heavy (non-hydrogen) atoms. The second-order valence-corrected chi connectivity index (χ2v) is 4.13. The molecule has 0 radical (unpaired) electrons. The summed E-state index contributed by atoms with van der Waals surface area (Å²) in [5.74, 6) is 0.391. The number of ether oxygens (including phenoxy) is 1. The lowest BCUT2D eigenvalue weighted by Gasteiger charge is -1.97. The van der Waals surface area contributed by atoms with Gasteiger partial charge in [0.2, 0.25) is 5.89 Å². The van der Waals surface area contributed by atoms with E-state index in [2.05, 4.69) is 4.98 Å². The van der Waals surface area contributed by atoms with Gasteiger partial charge in [0.1, 0.15) is 0 Å². The van der Waals surface area contributed by atoms with E-state index in [1.54, 1.807) is 13.0 Å². The highest BCUT2D eigenvalue weighted by Crippen LogP contribution is 2.23. The number of carbonyl (C=O) groups excluding carboxylic acids is 1. The zero-order chi connectivity index (χ0) is 14.4. The van der Waals surface area contributed by atoms with Crippen molar-refractivity contribution >= 4 is 12.0 Å². The Bertz CT molecular complexity index is 599. The predicted octanol–water partition coefficient (Wildman–Crippen LogP) is 3.94. The fraction of sp³-hybridized carbons (Fsp3) is 0.250. The summed E-state index contributed by atoms with van der Waals surface area (Å²) in [5.41, 5.74) is 1.05. The molecule has 1 aromatic carbocycles. The van der Waals surface area contributed by atoms with Gasteiger partial charge in [-0.2, -0.15) is 0 Å². The molecule has 0 atom stereocenters. The molecule has 4 heteroatoms. The van der Waals surface area contributed by atoms with Crippen molar-refractivity contribution in [1.29, 1.82) is 0 Å². The summed E-state index contributed by atoms with van der Waals surface area (Å²) in [7, 11) is 0. The molecule has 1 aromatic heterocycles. The SMILES string of the molecule is CC/C=C/c1oc(-c2ccccc2)nc1C(=O)OCC. The summed E-state index contributed by atoms with van der Waals surface area (Å²) >= 11 is 0. The van der Waals surface area contributed by atoms with Crippen LogP contribution < -0.4 is 0 Å². The van der Waals surface area contributed by atoms with E-state index >= 15 is 0 Å². The second-order valence-electron chi connectivity index (χ2n) is 4.13.